The molecule has 0 bridgehead atoms. The van der Waals surface area contributed by atoms with Crippen LogP contribution < -0.4 is 10.5 Å². The Hall–Kier alpha value is -1.23. The number of nitrogens with one attached hydrogen (secondary N) is 1. The van der Waals surface area contributed by atoms with Gasteiger partial charge in [-0.25, -0.2) is 0 Å². The van der Waals surface area contributed by atoms with Crippen molar-refractivity contribution in [2.75, 3.05) is 32.7 Å². The largest absolute Gasteiger partial charge is 0.480 e. The Labute approximate surface area is 111 Å². The first kappa shape index (κ1) is 15.8. The molecule has 0 unspecified atom stereocenters. The maximum atomic E-state index is 11.9. The minimum Gasteiger partial charge on any atom is -0.480 e. The lowest BCUT2D eigenvalue weighted by Crippen LogP contribution is -2.54. The minimum absolute atomic E-state index is 0.0992. The Morgan fingerprint density at radius 3 is 2.26 bits per heavy atom. The zero-order chi connectivity index (χ0) is 14.6. The molecule has 1 aliphatic rings. The summed E-state index contributed by atoms with van der Waals surface area (Å²) in [5.74, 6) is -1.37. The Morgan fingerprint density at radius 1 is 1.32 bits per heavy atom. The van der Waals surface area contributed by atoms with Crippen LogP contribution in [0.4, 0.5) is 0 Å². The highest BCUT2D eigenvalue weighted by molar-refractivity contribution is 7.87. The molecule has 110 valence electrons. The maximum absolute atomic E-state index is 11.9. The molecule has 1 amide bonds. The summed E-state index contributed by atoms with van der Waals surface area (Å²) in [4.78, 5) is 23.1. The first-order chi connectivity index (χ1) is 8.74. The second kappa shape index (κ2) is 6.28. The fourth-order valence-corrected chi connectivity index (χ4v) is 2.83. The highest BCUT2D eigenvalue weighted by Gasteiger charge is 2.28. The van der Waals surface area contributed by atoms with E-state index in [9.17, 15) is 18.0 Å². The van der Waals surface area contributed by atoms with E-state index in [1.807, 2.05) is 0 Å². The molecule has 0 aromatic rings. The third-order valence-electron chi connectivity index (χ3n) is 2.83. The molecular weight excluding hydrogens is 276 g/mol. The summed E-state index contributed by atoms with van der Waals surface area (Å²) in [6.07, 6.45) is 0. The summed E-state index contributed by atoms with van der Waals surface area (Å²) >= 11 is 0. The van der Waals surface area contributed by atoms with Crippen LogP contribution in [0, 0.1) is 0 Å². The fraction of sp³-hybridized carbons (Fsp3) is 0.778. The number of amides is 1. The smallest absolute Gasteiger partial charge is 0.321 e. The van der Waals surface area contributed by atoms with Gasteiger partial charge < -0.3 is 15.7 Å². The molecule has 19 heavy (non-hydrogen) atoms. The van der Waals surface area contributed by atoms with Crippen molar-refractivity contribution in [1.82, 2.24) is 13.9 Å². The average molecular weight is 294 g/mol. The monoisotopic (exact) mass is 294 g/mol. The predicted molar refractivity (Wildman–Crippen MR) is 66.4 cm³/mol. The number of piperazine rings is 1. The summed E-state index contributed by atoms with van der Waals surface area (Å²) < 4.78 is 27.0. The van der Waals surface area contributed by atoms with Crippen molar-refractivity contribution in [3.05, 3.63) is 0 Å². The molecule has 1 atom stereocenters. The molecule has 1 heterocycles. The van der Waals surface area contributed by atoms with Crippen LogP contribution in [-0.4, -0.2) is 73.4 Å². The van der Waals surface area contributed by atoms with Gasteiger partial charge in [-0.05, 0) is 0 Å². The van der Waals surface area contributed by atoms with Crippen molar-refractivity contribution in [2.45, 2.75) is 13.0 Å². The predicted octanol–water partition coefficient (Wildman–Crippen LogP) is -2.60. The molecule has 10 heteroatoms. The highest BCUT2D eigenvalue weighted by atomic mass is 32.2. The maximum Gasteiger partial charge on any atom is 0.321 e. The van der Waals surface area contributed by atoms with Crippen LogP contribution >= 0.6 is 0 Å². The van der Waals surface area contributed by atoms with Crippen molar-refractivity contribution in [2.24, 2.45) is 5.73 Å². The number of carboxylic acids is 1. The summed E-state index contributed by atoms with van der Waals surface area (Å²) in [6.45, 7) is 2.05. The number of hydrogen-bond acceptors (Lipinski definition) is 5. The van der Waals surface area contributed by atoms with Crippen LogP contribution in [0.2, 0.25) is 0 Å². The van der Waals surface area contributed by atoms with E-state index in [1.165, 1.54) is 11.2 Å². The van der Waals surface area contributed by atoms with Crippen molar-refractivity contribution in [1.29, 1.82) is 0 Å². The molecule has 1 saturated heterocycles. The first-order valence-corrected chi connectivity index (χ1v) is 7.16. The Bertz CT molecular complexity index is 444. The Balaban J connectivity index is 2.51. The molecular formula is C9H18N4O5S. The van der Waals surface area contributed by atoms with Gasteiger partial charge in [-0.2, -0.15) is 17.4 Å². The van der Waals surface area contributed by atoms with Gasteiger partial charge in [-0.3, -0.25) is 9.59 Å². The molecule has 0 spiro atoms. The van der Waals surface area contributed by atoms with E-state index in [0.717, 1.165) is 0 Å². The summed E-state index contributed by atoms with van der Waals surface area (Å²) in [6, 6.07) is -1.28. The molecule has 0 aromatic heterocycles. The SMILES string of the molecule is CC(=O)N1CCN(S(=O)(=O)NC[C@H](N)C(=O)O)CC1. The number of carboxylic acid groups (broad SMARTS) is 1. The summed E-state index contributed by atoms with van der Waals surface area (Å²) in [5.41, 5.74) is 5.22. The van der Waals surface area contributed by atoms with Crippen LogP contribution in [0.5, 0.6) is 0 Å². The van der Waals surface area contributed by atoms with Gasteiger partial charge in [0.1, 0.15) is 6.04 Å². The molecule has 1 fully saturated rings. The number of carbonyl (C=O) groups excluding carboxylic acids is 1. The lowest BCUT2D eigenvalue weighted by molar-refractivity contribution is -0.138. The van der Waals surface area contributed by atoms with Crippen LogP contribution in [0.15, 0.2) is 0 Å². The molecule has 0 aliphatic carbocycles. The van der Waals surface area contributed by atoms with Crippen LogP contribution in [0.1, 0.15) is 6.92 Å². The second-order valence-corrected chi connectivity index (χ2v) is 5.96. The van der Waals surface area contributed by atoms with Gasteiger partial charge in [-0.1, -0.05) is 0 Å². The molecule has 9 nitrogen and oxygen atoms in total. The van der Waals surface area contributed by atoms with Gasteiger partial charge in [0.25, 0.3) is 10.2 Å². The van der Waals surface area contributed by atoms with E-state index in [0.29, 0.717) is 13.1 Å². The van der Waals surface area contributed by atoms with Crippen molar-refractivity contribution >= 4 is 22.1 Å². The van der Waals surface area contributed by atoms with E-state index in [-0.39, 0.29) is 25.5 Å². The standard InChI is InChI=1S/C9H18N4O5S/c1-7(14)12-2-4-13(5-3-12)19(17,18)11-6-8(10)9(15)16/h8,11H,2-6,10H2,1H3,(H,15,16)/t8-/m0/s1. The van der Waals surface area contributed by atoms with Crippen molar-refractivity contribution in [3.63, 3.8) is 0 Å². The van der Waals surface area contributed by atoms with Gasteiger partial charge in [0.15, 0.2) is 0 Å². The van der Waals surface area contributed by atoms with Gasteiger partial charge in [0.2, 0.25) is 5.91 Å². The van der Waals surface area contributed by atoms with Crippen molar-refractivity contribution < 1.29 is 23.1 Å². The number of rotatable bonds is 5. The van der Waals surface area contributed by atoms with Gasteiger partial charge in [-0.15, -0.1) is 0 Å². The number of hydrogen-bond donors (Lipinski definition) is 3. The van der Waals surface area contributed by atoms with Gasteiger partial charge in [0, 0.05) is 39.6 Å². The number of nitrogens with zero attached hydrogens (tertiary/aromatic N) is 2. The first-order valence-electron chi connectivity index (χ1n) is 5.72. The van der Waals surface area contributed by atoms with Crippen LogP contribution in [0.25, 0.3) is 0 Å². The molecule has 1 aliphatic heterocycles. The lowest BCUT2D eigenvalue weighted by Gasteiger charge is -2.33. The molecule has 1 rings (SSSR count). The lowest BCUT2D eigenvalue weighted by atomic mass is 10.3. The van der Waals surface area contributed by atoms with Gasteiger partial charge in [0.05, 0.1) is 0 Å². The van der Waals surface area contributed by atoms with E-state index in [4.69, 9.17) is 10.8 Å². The number of carbonyl (C=O) groups is 2. The third-order valence-corrected chi connectivity index (χ3v) is 4.40. The topological polar surface area (TPSA) is 133 Å². The number of aliphatic carboxylic acids is 1. The average Bonchev–Trinajstić information content (AvgIpc) is 2.36. The quantitative estimate of drug-likeness (QED) is 0.509. The van der Waals surface area contributed by atoms with Gasteiger partial charge >= 0.3 is 5.97 Å². The van der Waals surface area contributed by atoms with Crippen molar-refractivity contribution in [3.8, 4) is 0 Å². The molecule has 0 radical (unpaired) electrons. The summed E-state index contributed by atoms with van der Waals surface area (Å²) in [7, 11) is -3.76. The van der Waals surface area contributed by atoms with E-state index in [2.05, 4.69) is 4.72 Å². The zero-order valence-corrected chi connectivity index (χ0v) is 11.4. The third kappa shape index (κ3) is 4.42. The van der Waals surface area contributed by atoms with E-state index < -0.39 is 22.2 Å². The Kier molecular flexibility index (Phi) is 5.23. The van der Waals surface area contributed by atoms with E-state index in [1.54, 1.807) is 4.90 Å². The summed E-state index contributed by atoms with van der Waals surface area (Å²) in [5, 5.41) is 8.57. The Morgan fingerprint density at radius 2 is 1.84 bits per heavy atom. The second-order valence-electron chi connectivity index (χ2n) is 4.20. The highest BCUT2D eigenvalue weighted by Crippen LogP contribution is 2.06. The molecule has 0 aromatic carbocycles. The fourth-order valence-electron chi connectivity index (χ4n) is 1.62. The normalized spacial score (nSPS) is 19.2. The van der Waals surface area contributed by atoms with Crippen LogP contribution in [-0.2, 0) is 19.8 Å². The van der Waals surface area contributed by atoms with Crippen LogP contribution in [0.3, 0.4) is 0 Å². The minimum atomic E-state index is -3.76. The number of nitrogens with two attached hydrogens (primary N) is 1. The molecule has 0 saturated carbocycles. The van der Waals surface area contributed by atoms with E-state index >= 15 is 0 Å². The molecule has 4 N–H and O–H groups in total. The zero-order valence-electron chi connectivity index (χ0n) is 10.6.